The van der Waals surface area contributed by atoms with Crippen LogP contribution in [0.5, 0.6) is 5.75 Å². The number of aromatic hydroxyl groups is 1. The van der Waals surface area contributed by atoms with Crippen LogP contribution in [0.3, 0.4) is 0 Å². The van der Waals surface area contributed by atoms with Crippen LogP contribution in [-0.2, 0) is 16.9 Å². The number of aliphatic hydroxyl groups excluding tert-OH is 1. The summed E-state index contributed by atoms with van der Waals surface area (Å²) in [7, 11) is 1.62. The number of ether oxygens (including phenoxy) is 1. The predicted molar refractivity (Wildman–Crippen MR) is 123 cm³/mol. The molecule has 6 heteroatoms. The first kappa shape index (κ1) is 19.8. The van der Waals surface area contributed by atoms with Crippen molar-refractivity contribution >= 4 is 30.1 Å². The van der Waals surface area contributed by atoms with E-state index in [2.05, 4.69) is 36.2 Å². The molecule has 0 saturated carbocycles. The molecule has 0 fully saturated rings. The second-order valence-corrected chi connectivity index (χ2v) is 13.3. The normalized spacial score (nSPS) is 20.1. The lowest BCUT2D eigenvalue weighted by molar-refractivity contribution is 0.0254. The molecule has 158 valence electrons. The van der Waals surface area contributed by atoms with E-state index < -0.39 is 13.7 Å². The summed E-state index contributed by atoms with van der Waals surface area (Å²) < 4.78 is 6.25. The standard InChI is InChI=1S/C25H25NO4Si/c1-26(2)15-9-10-19-22(13-15)31(3,4)23-17(14-27)21(28)12-11-20(23)25(19)18-8-6-5-7-16(18)24(29)30-25/h5-13,27-28H,14H2,1-4H3. The molecular formula is C25H25NO4Si. The first-order valence-corrected chi connectivity index (χ1v) is 13.3. The van der Waals surface area contributed by atoms with Crippen LogP contribution < -0.4 is 15.3 Å². The Labute approximate surface area is 182 Å². The molecule has 1 unspecified atom stereocenters. The second-order valence-electron chi connectivity index (χ2n) is 9.01. The molecule has 5 nitrogen and oxygen atoms in total. The second kappa shape index (κ2) is 6.45. The number of esters is 1. The van der Waals surface area contributed by atoms with Crippen LogP contribution >= 0.6 is 0 Å². The van der Waals surface area contributed by atoms with E-state index in [0.29, 0.717) is 11.1 Å². The minimum absolute atomic E-state index is 0.0711. The van der Waals surface area contributed by atoms with E-state index in [-0.39, 0.29) is 18.3 Å². The summed E-state index contributed by atoms with van der Waals surface area (Å²) in [6.45, 7) is 4.16. The first-order valence-electron chi connectivity index (χ1n) is 10.3. The molecule has 2 N–H and O–H groups in total. The van der Waals surface area contributed by atoms with E-state index in [1.807, 2.05) is 38.4 Å². The van der Waals surface area contributed by atoms with Gasteiger partial charge in [0.25, 0.3) is 0 Å². The van der Waals surface area contributed by atoms with Crippen LogP contribution in [0.1, 0.15) is 32.6 Å². The highest BCUT2D eigenvalue weighted by Crippen LogP contribution is 2.49. The molecule has 1 spiro atoms. The van der Waals surface area contributed by atoms with E-state index in [1.54, 1.807) is 12.1 Å². The maximum atomic E-state index is 13.0. The minimum Gasteiger partial charge on any atom is -0.508 e. The molecule has 0 radical (unpaired) electrons. The Kier molecular flexibility index (Phi) is 4.13. The van der Waals surface area contributed by atoms with Gasteiger partial charge in [-0.1, -0.05) is 43.4 Å². The Morgan fingerprint density at radius 3 is 2.42 bits per heavy atom. The van der Waals surface area contributed by atoms with Crippen molar-refractivity contribution < 1.29 is 19.7 Å². The highest BCUT2D eigenvalue weighted by Gasteiger charge is 2.56. The van der Waals surface area contributed by atoms with Gasteiger partial charge in [0, 0.05) is 42.0 Å². The topological polar surface area (TPSA) is 70.0 Å². The van der Waals surface area contributed by atoms with Crippen molar-refractivity contribution in [3.8, 4) is 5.75 Å². The Hall–Kier alpha value is -3.09. The van der Waals surface area contributed by atoms with Gasteiger partial charge in [-0.05, 0) is 34.6 Å². The lowest BCUT2D eigenvalue weighted by Gasteiger charge is -2.45. The van der Waals surface area contributed by atoms with Crippen molar-refractivity contribution in [2.45, 2.75) is 25.3 Å². The fourth-order valence-corrected chi connectivity index (χ4v) is 8.94. The molecule has 5 rings (SSSR count). The summed E-state index contributed by atoms with van der Waals surface area (Å²) in [6, 6.07) is 17.3. The van der Waals surface area contributed by atoms with Gasteiger partial charge in [-0.3, -0.25) is 0 Å². The molecule has 0 saturated heterocycles. The van der Waals surface area contributed by atoms with E-state index in [0.717, 1.165) is 32.8 Å². The van der Waals surface area contributed by atoms with Gasteiger partial charge in [-0.2, -0.15) is 0 Å². The SMILES string of the molecule is CN(C)c1ccc2c(c1)[Si](C)(C)c1c(ccc(O)c1CO)C21OC(=O)c2ccccc21. The molecule has 1 atom stereocenters. The van der Waals surface area contributed by atoms with Crippen molar-refractivity contribution in [1.82, 2.24) is 0 Å². The number of carbonyl (C=O) groups excluding carboxylic acids is 1. The van der Waals surface area contributed by atoms with Crippen LogP contribution in [0.15, 0.2) is 54.6 Å². The minimum atomic E-state index is -2.38. The first-order chi connectivity index (χ1) is 14.7. The predicted octanol–water partition coefficient (Wildman–Crippen LogP) is 2.55. The zero-order chi connectivity index (χ0) is 22.1. The van der Waals surface area contributed by atoms with Crippen molar-refractivity contribution in [3.63, 3.8) is 0 Å². The molecule has 31 heavy (non-hydrogen) atoms. The maximum absolute atomic E-state index is 13.0. The van der Waals surface area contributed by atoms with E-state index in [9.17, 15) is 15.0 Å². The van der Waals surface area contributed by atoms with Crippen molar-refractivity contribution in [3.05, 3.63) is 82.4 Å². The summed E-state index contributed by atoms with van der Waals surface area (Å²) >= 11 is 0. The van der Waals surface area contributed by atoms with Crippen LogP contribution in [0.4, 0.5) is 5.69 Å². The number of carbonyl (C=O) groups is 1. The number of fused-ring (bicyclic) bond motifs is 6. The number of hydrogen-bond donors (Lipinski definition) is 2. The van der Waals surface area contributed by atoms with Gasteiger partial charge in [0.1, 0.15) is 13.8 Å². The van der Waals surface area contributed by atoms with Gasteiger partial charge in [-0.25, -0.2) is 4.79 Å². The molecular weight excluding hydrogens is 406 g/mol. The van der Waals surface area contributed by atoms with Crippen LogP contribution in [-0.4, -0.2) is 38.4 Å². The number of rotatable bonds is 2. The fourth-order valence-electron chi connectivity index (χ4n) is 5.34. The smallest absolute Gasteiger partial charge is 0.340 e. The number of hydrogen-bond acceptors (Lipinski definition) is 5. The summed E-state index contributed by atoms with van der Waals surface area (Å²) in [6.07, 6.45) is 0. The summed E-state index contributed by atoms with van der Waals surface area (Å²) in [5.74, 6) is -0.286. The molecule has 0 aliphatic carbocycles. The number of nitrogens with zero attached hydrogens (tertiary/aromatic N) is 1. The maximum Gasteiger partial charge on any atom is 0.340 e. The van der Waals surface area contributed by atoms with Gasteiger partial charge < -0.3 is 19.8 Å². The average molecular weight is 432 g/mol. The Bertz CT molecular complexity index is 1250. The molecule has 0 amide bonds. The van der Waals surface area contributed by atoms with Gasteiger partial charge in [0.05, 0.1) is 12.2 Å². The third-order valence-electron chi connectivity index (χ3n) is 6.79. The molecule has 2 aliphatic heterocycles. The van der Waals surface area contributed by atoms with Crippen LogP contribution in [0.25, 0.3) is 0 Å². The number of anilines is 1. The number of aliphatic hydroxyl groups is 1. The Morgan fingerprint density at radius 1 is 1.00 bits per heavy atom. The lowest BCUT2D eigenvalue weighted by atomic mass is 9.78. The highest BCUT2D eigenvalue weighted by molar-refractivity contribution is 7.01. The molecule has 3 aromatic rings. The van der Waals surface area contributed by atoms with Crippen LogP contribution in [0, 0.1) is 0 Å². The molecule has 0 bridgehead atoms. The molecule has 2 aliphatic rings. The van der Waals surface area contributed by atoms with Gasteiger partial charge >= 0.3 is 5.97 Å². The van der Waals surface area contributed by atoms with Crippen molar-refractivity contribution in [2.24, 2.45) is 0 Å². The fraction of sp³-hybridized carbons (Fsp3) is 0.240. The number of phenols is 1. The number of benzene rings is 3. The Balaban J connectivity index is 1.97. The quantitative estimate of drug-likeness (QED) is 0.482. The third kappa shape index (κ3) is 2.43. The highest BCUT2D eigenvalue weighted by atomic mass is 28.3. The largest absolute Gasteiger partial charge is 0.508 e. The van der Waals surface area contributed by atoms with Crippen molar-refractivity contribution in [1.29, 1.82) is 0 Å². The zero-order valence-corrected chi connectivity index (χ0v) is 19.1. The zero-order valence-electron chi connectivity index (χ0n) is 18.1. The van der Waals surface area contributed by atoms with Gasteiger partial charge in [-0.15, -0.1) is 0 Å². The summed E-state index contributed by atoms with van der Waals surface area (Å²) in [5, 5.41) is 22.9. The average Bonchev–Trinajstić information content (AvgIpc) is 3.05. The van der Waals surface area contributed by atoms with E-state index in [4.69, 9.17) is 4.74 Å². The summed E-state index contributed by atoms with van der Waals surface area (Å²) in [5.41, 5.74) is 3.65. The Morgan fingerprint density at radius 2 is 1.71 bits per heavy atom. The van der Waals surface area contributed by atoms with Gasteiger partial charge in [0.15, 0.2) is 5.60 Å². The van der Waals surface area contributed by atoms with E-state index in [1.165, 1.54) is 0 Å². The van der Waals surface area contributed by atoms with Crippen LogP contribution in [0.2, 0.25) is 13.1 Å². The molecule has 3 aromatic carbocycles. The van der Waals surface area contributed by atoms with Crippen molar-refractivity contribution in [2.75, 3.05) is 19.0 Å². The van der Waals surface area contributed by atoms with Gasteiger partial charge in [0.2, 0.25) is 0 Å². The summed E-state index contributed by atoms with van der Waals surface area (Å²) in [4.78, 5) is 15.1. The monoisotopic (exact) mass is 431 g/mol. The molecule has 2 heterocycles. The third-order valence-corrected chi connectivity index (χ3v) is 10.4. The molecule has 0 aromatic heterocycles. The lowest BCUT2D eigenvalue weighted by Crippen LogP contribution is -2.64. The van der Waals surface area contributed by atoms with E-state index >= 15 is 0 Å².